The van der Waals surface area contributed by atoms with Crippen molar-refractivity contribution in [2.45, 2.75) is 25.2 Å². The molecule has 3 heterocycles. The highest BCUT2D eigenvalue weighted by atomic mass is 16.5. The summed E-state index contributed by atoms with van der Waals surface area (Å²) in [5.41, 5.74) is 1.62. The summed E-state index contributed by atoms with van der Waals surface area (Å²) in [7, 11) is 0. The Hall–Kier alpha value is -3.16. The number of rotatable bonds is 6. The van der Waals surface area contributed by atoms with Crippen LogP contribution >= 0.6 is 0 Å². The number of aromatic nitrogens is 4. The molecular weight excluding hydrogens is 344 g/mol. The Bertz CT molecular complexity index is 997. The van der Waals surface area contributed by atoms with E-state index >= 15 is 0 Å². The van der Waals surface area contributed by atoms with Gasteiger partial charge >= 0.3 is 0 Å². The van der Waals surface area contributed by atoms with Gasteiger partial charge in [-0.2, -0.15) is 4.52 Å². The maximum Gasteiger partial charge on any atom is 0.265 e. The summed E-state index contributed by atoms with van der Waals surface area (Å²) in [6.07, 6.45) is 3.13. The maximum atomic E-state index is 12.2. The van der Waals surface area contributed by atoms with E-state index in [9.17, 15) is 4.79 Å². The van der Waals surface area contributed by atoms with Gasteiger partial charge in [0.05, 0.1) is 5.69 Å². The fourth-order valence-corrected chi connectivity index (χ4v) is 3.35. The van der Waals surface area contributed by atoms with Crippen molar-refractivity contribution >= 4 is 23.1 Å². The SMILES string of the molecule is O=C1COc2ccccc2N1CCCNc1ccc2nnc(C3CC3)n2n1. The molecule has 1 saturated carbocycles. The molecule has 1 aromatic carbocycles. The third-order valence-electron chi connectivity index (χ3n) is 4.90. The molecule has 1 amide bonds. The summed E-state index contributed by atoms with van der Waals surface area (Å²) in [6.45, 7) is 1.45. The largest absolute Gasteiger partial charge is 0.482 e. The van der Waals surface area contributed by atoms with E-state index in [1.54, 1.807) is 4.90 Å². The van der Waals surface area contributed by atoms with Crippen LogP contribution in [0.1, 0.15) is 31.0 Å². The van der Waals surface area contributed by atoms with Gasteiger partial charge in [-0.3, -0.25) is 4.79 Å². The first-order chi connectivity index (χ1) is 13.3. The molecule has 2 aliphatic rings. The van der Waals surface area contributed by atoms with Crippen molar-refractivity contribution < 1.29 is 9.53 Å². The van der Waals surface area contributed by atoms with Crippen LogP contribution in [0, 0.1) is 0 Å². The molecule has 5 rings (SSSR count). The highest BCUT2D eigenvalue weighted by Gasteiger charge is 2.29. The van der Waals surface area contributed by atoms with Crippen molar-refractivity contribution in [3.63, 3.8) is 0 Å². The van der Waals surface area contributed by atoms with Crippen molar-refractivity contribution in [2.75, 3.05) is 29.9 Å². The zero-order valence-corrected chi connectivity index (χ0v) is 14.8. The average molecular weight is 364 g/mol. The molecule has 0 atom stereocenters. The van der Waals surface area contributed by atoms with E-state index in [4.69, 9.17) is 4.74 Å². The molecule has 2 aromatic heterocycles. The molecule has 1 fully saturated rings. The van der Waals surface area contributed by atoms with Crippen molar-refractivity contribution in [1.29, 1.82) is 0 Å². The lowest BCUT2D eigenvalue weighted by molar-refractivity contribution is -0.121. The van der Waals surface area contributed by atoms with Crippen LogP contribution in [0.15, 0.2) is 36.4 Å². The van der Waals surface area contributed by atoms with E-state index in [0.29, 0.717) is 19.0 Å². The Balaban J connectivity index is 1.22. The Morgan fingerprint density at radius 3 is 2.93 bits per heavy atom. The molecule has 3 aromatic rings. The number of amides is 1. The summed E-state index contributed by atoms with van der Waals surface area (Å²) >= 11 is 0. The summed E-state index contributed by atoms with van der Waals surface area (Å²) in [5, 5.41) is 16.4. The molecule has 0 unspecified atom stereocenters. The number of nitrogens with zero attached hydrogens (tertiary/aromatic N) is 5. The van der Waals surface area contributed by atoms with E-state index < -0.39 is 0 Å². The number of benzene rings is 1. The van der Waals surface area contributed by atoms with Crippen LogP contribution in [-0.2, 0) is 4.79 Å². The highest BCUT2D eigenvalue weighted by molar-refractivity contribution is 5.97. The molecule has 0 bridgehead atoms. The molecular formula is C19H20N6O2. The lowest BCUT2D eigenvalue weighted by atomic mass is 10.2. The van der Waals surface area contributed by atoms with E-state index in [0.717, 1.165) is 48.0 Å². The Morgan fingerprint density at radius 1 is 1.15 bits per heavy atom. The van der Waals surface area contributed by atoms with Crippen LogP contribution in [0.2, 0.25) is 0 Å². The lowest BCUT2D eigenvalue weighted by Crippen LogP contribution is -2.39. The van der Waals surface area contributed by atoms with Crippen molar-refractivity contribution in [1.82, 2.24) is 19.8 Å². The van der Waals surface area contributed by atoms with E-state index in [-0.39, 0.29) is 12.5 Å². The molecule has 138 valence electrons. The molecule has 8 heteroatoms. The van der Waals surface area contributed by atoms with Gasteiger partial charge in [-0.15, -0.1) is 15.3 Å². The van der Waals surface area contributed by atoms with Crippen LogP contribution in [-0.4, -0.2) is 45.4 Å². The van der Waals surface area contributed by atoms with Crippen LogP contribution in [0.25, 0.3) is 5.65 Å². The van der Waals surface area contributed by atoms with Gasteiger partial charge in [-0.05, 0) is 43.5 Å². The zero-order valence-electron chi connectivity index (χ0n) is 14.8. The zero-order chi connectivity index (χ0) is 18.2. The third kappa shape index (κ3) is 3.07. The third-order valence-corrected chi connectivity index (χ3v) is 4.90. The Morgan fingerprint density at radius 2 is 2.04 bits per heavy atom. The standard InChI is InChI=1S/C19H20N6O2/c26-18-12-27-15-5-2-1-4-14(15)24(18)11-3-10-20-16-8-9-17-21-22-19(13-6-7-13)25(17)23-16/h1-2,4-5,8-9,13H,3,6-7,10-12H2,(H,20,23). The van der Waals surface area contributed by atoms with E-state index in [1.807, 2.05) is 40.9 Å². The molecule has 1 aliphatic heterocycles. The van der Waals surface area contributed by atoms with Gasteiger partial charge in [-0.1, -0.05) is 12.1 Å². The first-order valence-electron chi connectivity index (χ1n) is 9.28. The fraction of sp³-hybridized carbons (Fsp3) is 0.368. The Labute approximate surface area is 156 Å². The normalized spacial score (nSPS) is 16.3. The summed E-state index contributed by atoms with van der Waals surface area (Å²) in [4.78, 5) is 14.0. The second kappa shape index (κ2) is 6.53. The quantitative estimate of drug-likeness (QED) is 0.675. The monoisotopic (exact) mass is 364 g/mol. The van der Waals surface area contributed by atoms with Gasteiger partial charge in [0.15, 0.2) is 18.1 Å². The highest BCUT2D eigenvalue weighted by Crippen LogP contribution is 2.38. The number of hydrogen-bond donors (Lipinski definition) is 1. The summed E-state index contributed by atoms with van der Waals surface area (Å²) < 4.78 is 7.31. The minimum absolute atomic E-state index is 0.00758. The molecule has 27 heavy (non-hydrogen) atoms. The fourth-order valence-electron chi connectivity index (χ4n) is 3.35. The van der Waals surface area contributed by atoms with Crippen LogP contribution in [0.4, 0.5) is 11.5 Å². The number of anilines is 2. The first kappa shape index (κ1) is 16.0. The predicted molar refractivity (Wildman–Crippen MR) is 100 cm³/mol. The van der Waals surface area contributed by atoms with Crippen molar-refractivity contribution in [2.24, 2.45) is 0 Å². The van der Waals surface area contributed by atoms with E-state index in [2.05, 4.69) is 20.6 Å². The predicted octanol–water partition coefficient (Wildman–Crippen LogP) is 2.23. The van der Waals surface area contributed by atoms with Crippen molar-refractivity contribution in [3.05, 3.63) is 42.2 Å². The Kier molecular flexibility index (Phi) is 3.88. The van der Waals surface area contributed by atoms with Crippen LogP contribution in [0.3, 0.4) is 0 Å². The summed E-state index contributed by atoms with van der Waals surface area (Å²) in [5.74, 6) is 2.99. The summed E-state index contributed by atoms with van der Waals surface area (Å²) in [6, 6.07) is 11.5. The molecule has 1 N–H and O–H groups in total. The molecule has 1 aliphatic carbocycles. The minimum Gasteiger partial charge on any atom is -0.482 e. The van der Waals surface area contributed by atoms with Gasteiger partial charge in [0.2, 0.25) is 0 Å². The second-order valence-corrected chi connectivity index (χ2v) is 6.90. The average Bonchev–Trinajstić information content (AvgIpc) is 3.46. The van der Waals surface area contributed by atoms with Gasteiger partial charge in [-0.25, -0.2) is 0 Å². The number of para-hydroxylation sites is 2. The molecule has 0 saturated heterocycles. The maximum absolute atomic E-state index is 12.2. The molecule has 0 spiro atoms. The van der Waals surface area contributed by atoms with Crippen molar-refractivity contribution in [3.8, 4) is 5.75 Å². The molecule has 8 nitrogen and oxygen atoms in total. The lowest BCUT2D eigenvalue weighted by Gasteiger charge is -2.29. The van der Waals surface area contributed by atoms with Gasteiger partial charge in [0.1, 0.15) is 11.6 Å². The number of ether oxygens (including phenoxy) is 1. The van der Waals surface area contributed by atoms with Crippen LogP contribution in [0.5, 0.6) is 5.75 Å². The smallest absolute Gasteiger partial charge is 0.265 e. The number of nitrogens with one attached hydrogen (secondary N) is 1. The first-order valence-corrected chi connectivity index (χ1v) is 9.28. The number of hydrogen-bond acceptors (Lipinski definition) is 6. The van der Waals surface area contributed by atoms with Gasteiger partial charge in [0.25, 0.3) is 5.91 Å². The van der Waals surface area contributed by atoms with E-state index in [1.165, 1.54) is 0 Å². The minimum atomic E-state index is -0.00758. The second-order valence-electron chi connectivity index (χ2n) is 6.90. The van der Waals surface area contributed by atoms with Gasteiger partial charge < -0.3 is 15.0 Å². The van der Waals surface area contributed by atoms with Crippen LogP contribution < -0.4 is 15.0 Å². The number of carbonyl (C=O) groups is 1. The van der Waals surface area contributed by atoms with Gasteiger partial charge in [0, 0.05) is 19.0 Å². The number of carbonyl (C=O) groups excluding carboxylic acids is 1. The number of fused-ring (bicyclic) bond motifs is 2. The molecule has 0 radical (unpaired) electrons. The topological polar surface area (TPSA) is 84.6 Å².